The zero-order chi connectivity index (χ0) is 14.8. The Morgan fingerprint density at radius 3 is 2.50 bits per heavy atom. The number of benzene rings is 1. The van der Waals surface area contributed by atoms with Crippen molar-refractivity contribution in [1.29, 1.82) is 0 Å². The maximum absolute atomic E-state index is 12.1. The number of carbonyl (C=O) groups is 1. The van der Waals surface area contributed by atoms with Crippen LogP contribution >= 0.6 is 0 Å². The van der Waals surface area contributed by atoms with E-state index in [2.05, 4.69) is 41.8 Å². The molecule has 0 saturated carbocycles. The molecule has 3 nitrogen and oxygen atoms in total. The van der Waals surface area contributed by atoms with Crippen LogP contribution in [0, 0.1) is 5.92 Å². The van der Waals surface area contributed by atoms with E-state index < -0.39 is 0 Å². The third-order valence-corrected chi connectivity index (χ3v) is 3.57. The number of amides is 1. The zero-order valence-electron chi connectivity index (χ0n) is 13.0. The standard InChI is InChI=1S/C17H28N2O/c1-4-8-16(19-17(20)14(2)13-18-3)12-11-15-9-6-5-7-10-15/h5-7,9-10,14,16,18H,4,8,11-13H2,1-3H3,(H,19,20). The average Bonchev–Trinajstić information content (AvgIpc) is 2.46. The Morgan fingerprint density at radius 2 is 1.90 bits per heavy atom. The second-order valence-electron chi connectivity index (χ2n) is 5.48. The summed E-state index contributed by atoms with van der Waals surface area (Å²) in [7, 11) is 1.88. The minimum absolute atomic E-state index is 0.0241. The Kier molecular flexibility index (Phi) is 7.97. The van der Waals surface area contributed by atoms with Gasteiger partial charge < -0.3 is 10.6 Å². The fourth-order valence-electron chi connectivity index (χ4n) is 2.37. The molecular formula is C17H28N2O. The van der Waals surface area contributed by atoms with Gasteiger partial charge >= 0.3 is 0 Å². The van der Waals surface area contributed by atoms with Gasteiger partial charge in [-0.25, -0.2) is 0 Å². The molecule has 0 fully saturated rings. The summed E-state index contributed by atoms with van der Waals surface area (Å²) in [4.78, 5) is 12.1. The molecule has 0 aliphatic heterocycles. The lowest BCUT2D eigenvalue weighted by atomic mass is 10.0. The summed E-state index contributed by atoms with van der Waals surface area (Å²) in [5, 5.41) is 6.24. The van der Waals surface area contributed by atoms with Gasteiger partial charge in [-0.1, -0.05) is 50.6 Å². The van der Waals surface area contributed by atoms with Gasteiger partial charge in [0.15, 0.2) is 0 Å². The van der Waals surface area contributed by atoms with Crippen molar-refractivity contribution in [3.63, 3.8) is 0 Å². The quantitative estimate of drug-likeness (QED) is 0.728. The second kappa shape index (κ2) is 9.54. The molecule has 2 N–H and O–H groups in total. The molecule has 2 unspecified atom stereocenters. The largest absolute Gasteiger partial charge is 0.353 e. The summed E-state index contributed by atoms with van der Waals surface area (Å²) >= 11 is 0. The summed E-state index contributed by atoms with van der Waals surface area (Å²) in [6.07, 6.45) is 4.17. The molecule has 2 atom stereocenters. The molecule has 1 rings (SSSR count). The van der Waals surface area contributed by atoms with Crippen LogP contribution in [0.1, 0.15) is 38.7 Å². The van der Waals surface area contributed by atoms with Crippen molar-refractivity contribution in [2.75, 3.05) is 13.6 Å². The molecule has 0 saturated heterocycles. The van der Waals surface area contributed by atoms with Gasteiger partial charge in [0.2, 0.25) is 5.91 Å². The van der Waals surface area contributed by atoms with Crippen molar-refractivity contribution in [2.24, 2.45) is 5.92 Å². The molecule has 0 spiro atoms. The molecule has 112 valence electrons. The van der Waals surface area contributed by atoms with Crippen molar-refractivity contribution in [3.05, 3.63) is 35.9 Å². The second-order valence-corrected chi connectivity index (χ2v) is 5.48. The fraction of sp³-hybridized carbons (Fsp3) is 0.588. The van der Waals surface area contributed by atoms with E-state index in [4.69, 9.17) is 0 Å². The molecule has 1 aromatic carbocycles. The minimum atomic E-state index is 0.0241. The van der Waals surface area contributed by atoms with E-state index >= 15 is 0 Å². The third kappa shape index (κ3) is 6.20. The van der Waals surface area contributed by atoms with Gasteiger partial charge in [-0.15, -0.1) is 0 Å². The Labute approximate surface area is 123 Å². The van der Waals surface area contributed by atoms with Gasteiger partial charge in [0.25, 0.3) is 0 Å². The predicted molar refractivity (Wildman–Crippen MR) is 84.7 cm³/mol. The molecule has 1 amide bonds. The van der Waals surface area contributed by atoms with Crippen LogP contribution in [0.2, 0.25) is 0 Å². The van der Waals surface area contributed by atoms with E-state index in [9.17, 15) is 4.79 Å². The van der Waals surface area contributed by atoms with Crippen LogP contribution in [0.15, 0.2) is 30.3 Å². The first-order valence-electron chi connectivity index (χ1n) is 7.66. The molecular weight excluding hydrogens is 248 g/mol. The zero-order valence-corrected chi connectivity index (χ0v) is 13.0. The monoisotopic (exact) mass is 276 g/mol. The number of hydrogen-bond donors (Lipinski definition) is 2. The van der Waals surface area contributed by atoms with E-state index in [1.54, 1.807) is 0 Å². The Morgan fingerprint density at radius 1 is 1.20 bits per heavy atom. The Hall–Kier alpha value is -1.35. The summed E-state index contributed by atoms with van der Waals surface area (Å²) < 4.78 is 0. The fourth-order valence-corrected chi connectivity index (χ4v) is 2.37. The SMILES string of the molecule is CCCC(CCc1ccccc1)NC(=O)C(C)CNC. The first-order chi connectivity index (χ1) is 9.67. The maximum Gasteiger partial charge on any atom is 0.224 e. The van der Waals surface area contributed by atoms with Gasteiger partial charge in [-0.2, -0.15) is 0 Å². The van der Waals surface area contributed by atoms with Crippen molar-refractivity contribution in [3.8, 4) is 0 Å². The van der Waals surface area contributed by atoms with Crippen LogP contribution in [-0.2, 0) is 11.2 Å². The van der Waals surface area contributed by atoms with Gasteiger partial charge in [0.1, 0.15) is 0 Å². The van der Waals surface area contributed by atoms with Gasteiger partial charge in [-0.3, -0.25) is 4.79 Å². The van der Waals surface area contributed by atoms with Gasteiger partial charge in [-0.05, 0) is 31.9 Å². The van der Waals surface area contributed by atoms with Gasteiger partial charge in [0.05, 0.1) is 0 Å². The van der Waals surface area contributed by atoms with Crippen LogP contribution in [0.25, 0.3) is 0 Å². The topological polar surface area (TPSA) is 41.1 Å². The molecule has 0 radical (unpaired) electrons. The molecule has 0 bridgehead atoms. The first kappa shape index (κ1) is 16.7. The summed E-state index contributed by atoms with van der Waals surface area (Å²) in [6.45, 7) is 4.86. The highest BCUT2D eigenvalue weighted by Crippen LogP contribution is 2.09. The molecule has 20 heavy (non-hydrogen) atoms. The lowest BCUT2D eigenvalue weighted by Gasteiger charge is -2.20. The third-order valence-electron chi connectivity index (χ3n) is 3.57. The lowest BCUT2D eigenvalue weighted by Crippen LogP contribution is -2.41. The molecule has 3 heteroatoms. The van der Waals surface area contributed by atoms with E-state index in [-0.39, 0.29) is 17.9 Å². The van der Waals surface area contributed by atoms with E-state index in [0.717, 1.165) is 32.2 Å². The van der Waals surface area contributed by atoms with Crippen LogP contribution in [0.4, 0.5) is 0 Å². The van der Waals surface area contributed by atoms with E-state index in [1.165, 1.54) is 5.56 Å². The lowest BCUT2D eigenvalue weighted by molar-refractivity contribution is -0.125. The molecule has 0 aliphatic rings. The van der Waals surface area contributed by atoms with Crippen LogP contribution in [0.5, 0.6) is 0 Å². The molecule has 1 aromatic rings. The number of hydrogen-bond acceptors (Lipinski definition) is 2. The van der Waals surface area contributed by atoms with Crippen LogP contribution in [-0.4, -0.2) is 25.5 Å². The van der Waals surface area contributed by atoms with Crippen molar-refractivity contribution >= 4 is 5.91 Å². The number of aryl methyl sites for hydroxylation is 1. The number of rotatable bonds is 9. The van der Waals surface area contributed by atoms with E-state index in [0.29, 0.717) is 0 Å². The normalized spacial score (nSPS) is 13.8. The summed E-state index contributed by atoms with van der Waals surface area (Å²) in [6, 6.07) is 10.7. The predicted octanol–water partition coefficient (Wildman–Crippen LogP) is 2.76. The highest BCUT2D eigenvalue weighted by Gasteiger charge is 2.16. The maximum atomic E-state index is 12.1. The molecule has 0 heterocycles. The van der Waals surface area contributed by atoms with Crippen molar-refractivity contribution < 1.29 is 4.79 Å². The molecule has 0 aromatic heterocycles. The Balaban J connectivity index is 2.45. The number of carbonyl (C=O) groups excluding carboxylic acids is 1. The van der Waals surface area contributed by atoms with E-state index in [1.807, 2.05) is 20.0 Å². The average molecular weight is 276 g/mol. The summed E-state index contributed by atoms with van der Waals surface area (Å²) in [5.41, 5.74) is 1.34. The van der Waals surface area contributed by atoms with Crippen LogP contribution < -0.4 is 10.6 Å². The van der Waals surface area contributed by atoms with Gasteiger partial charge in [0, 0.05) is 18.5 Å². The highest BCUT2D eigenvalue weighted by molar-refractivity contribution is 5.78. The number of nitrogens with one attached hydrogen (secondary N) is 2. The summed E-state index contributed by atoms with van der Waals surface area (Å²) in [5.74, 6) is 0.182. The smallest absolute Gasteiger partial charge is 0.224 e. The van der Waals surface area contributed by atoms with Crippen LogP contribution in [0.3, 0.4) is 0 Å². The van der Waals surface area contributed by atoms with Crippen molar-refractivity contribution in [2.45, 2.75) is 45.6 Å². The highest BCUT2D eigenvalue weighted by atomic mass is 16.1. The molecule has 0 aliphatic carbocycles. The van der Waals surface area contributed by atoms with Crippen molar-refractivity contribution in [1.82, 2.24) is 10.6 Å². The first-order valence-corrected chi connectivity index (χ1v) is 7.66. The minimum Gasteiger partial charge on any atom is -0.353 e. The Bertz CT molecular complexity index is 378.